The lowest BCUT2D eigenvalue weighted by atomic mass is 9.99. The monoisotopic (exact) mass is 908 g/mol. The minimum absolute atomic E-state index is 0.160. The van der Waals surface area contributed by atoms with Gasteiger partial charge in [-0.25, -0.2) is 9.97 Å². The minimum Gasteiger partial charge on any atom is -0.371 e. The van der Waals surface area contributed by atoms with Gasteiger partial charge in [0.25, 0.3) is 0 Å². The predicted octanol–water partition coefficient (Wildman–Crippen LogP) is 12.2. The lowest BCUT2D eigenvalue weighted by molar-refractivity contribution is 0.304. The van der Waals surface area contributed by atoms with Gasteiger partial charge in [0.2, 0.25) is 0 Å². The number of nitrogens with zero attached hydrogens (tertiary/aromatic N) is 5. The summed E-state index contributed by atoms with van der Waals surface area (Å²) in [4.78, 5) is 16.5. The fraction of sp³-hybridized carbons (Fsp3) is 0.423. The van der Waals surface area contributed by atoms with Crippen LogP contribution < -0.4 is 30.7 Å². The van der Waals surface area contributed by atoms with E-state index in [1.54, 1.807) is 0 Å². The summed E-state index contributed by atoms with van der Waals surface area (Å²) in [5, 5.41) is 15.2. The van der Waals surface area contributed by atoms with Crippen LogP contribution >= 0.6 is 34.8 Å². The molecule has 4 aromatic carbocycles. The third kappa shape index (κ3) is 15.0. The molecule has 63 heavy (non-hydrogen) atoms. The van der Waals surface area contributed by atoms with Crippen molar-refractivity contribution < 1.29 is 0 Å². The zero-order valence-corrected chi connectivity index (χ0v) is 40.8. The molecule has 4 heterocycles. The molecule has 0 amide bonds. The summed E-state index contributed by atoms with van der Waals surface area (Å²) in [6.07, 6.45) is 4.86. The van der Waals surface area contributed by atoms with Gasteiger partial charge in [0.05, 0.1) is 16.1 Å². The van der Waals surface area contributed by atoms with Gasteiger partial charge in [-0.15, -0.1) is 0 Å². The average molecular weight is 911 g/mol. The molecule has 2 aromatic heterocycles. The van der Waals surface area contributed by atoms with Crippen molar-refractivity contribution in [2.75, 3.05) is 55.0 Å². The molecule has 0 radical (unpaired) electrons. The average Bonchev–Trinajstić information content (AvgIpc) is 3.25. The summed E-state index contributed by atoms with van der Waals surface area (Å²) in [6, 6.07) is 37.7. The van der Waals surface area contributed by atoms with Gasteiger partial charge in [-0.1, -0.05) is 95.5 Å². The first-order valence-corrected chi connectivity index (χ1v) is 23.5. The van der Waals surface area contributed by atoms with Crippen molar-refractivity contribution in [3.63, 3.8) is 0 Å². The van der Waals surface area contributed by atoms with Crippen LogP contribution in [0.25, 0.3) is 21.8 Å². The Labute approximate surface area is 391 Å². The lowest BCUT2D eigenvalue weighted by Gasteiger charge is -2.38. The fourth-order valence-electron chi connectivity index (χ4n) is 8.26. The van der Waals surface area contributed by atoms with Gasteiger partial charge in [-0.3, -0.25) is 0 Å². The van der Waals surface area contributed by atoms with Gasteiger partial charge in [0, 0.05) is 96.0 Å². The van der Waals surface area contributed by atoms with Gasteiger partial charge >= 0.3 is 0 Å². The highest BCUT2D eigenvalue weighted by molar-refractivity contribution is 6.35. The third-order valence-corrected chi connectivity index (χ3v) is 12.0. The zero-order chi connectivity index (χ0) is 45.1. The number of piperidine rings is 2. The molecule has 3 N–H and O–H groups in total. The maximum Gasteiger partial charge on any atom is 0.131 e. The van der Waals surface area contributed by atoms with Crippen molar-refractivity contribution in [2.45, 2.75) is 103 Å². The molecule has 0 saturated carbocycles. The summed E-state index contributed by atoms with van der Waals surface area (Å²) < 4.78 is 0. The molecule has 2 aliphatic rings. The van der Waals surface area contributed by atoms with E-state index in [9.17, 15) is 0 Å². The van der Waals surface area contributed by atoms with Crippen LogP contribution in [-0.4, -0.2) is 73.4 Å². The number of benzene rings is 4. The van der Waals surface area contributed by atoms with Gasteiger partial charge in [0.1, 0.15) is 11.6 Å². The first-order valence-electron chi connectivity index (χ1n) is 22.4. The van der Waals surface area contributed by atoms with Crippen LogP contribution in [0.3, 0.4) is 0 Å². The van der Waals surface area contributed by atoms with E-state index in [4.69, 9.17) is 39.8 Å². The second-order valence-electron chi connectivity index (χ2n) is 19.0. The van der Waals surface area contributed by atoms with Crippen LogP contribution in [0, 0.1) is 0 Å². The maximum atomic E-state index is 6.35. The maximum absolute atomic E-state index is 6.35. The van der Waals surface area contributed by atoms with Gasteiger partial charge in [0.15, 0.2) is 0 Å². The number of para-hydroxylation sites is 2. The molecule has 2 fully saturated rings. The fourth-order valence-corrected chi connectivity index (χ4v) is 8.77. The van der Waals surface area contributed by atoms with Crippen molar-refractivity contribution >= 4 is 73.9 Å². The molecule has 2 saturated heterocycles. The summed E-state index contributed by atoms with van der Waals surface area (Å²) in [6.45, 7) is 19.4. The molecule has 8 nitrogen and oxygen atoms in total. The Morgan fingerprint density at radius 3 is 1.51 bits per heavy atom. The van der Waals surface area contributed by atoms with Crippen molar-refractivity contribution in [3.05, 3.63) is 135 Å². The van der Waals surface area contributed by atoms with E-state index < -0.39 is 0 Å². The van der Waals surface area contributed by atoms with Crippen molar-refractivity contribution in [2.24, 2.45) is 0 Å². The number of rotatable bonds is 9. The summed E-state index contributed by atoms with van der Waals surface area (Å²) in [7, 11) is 4.11. The molecular weight excluding hydrogens is 843 g/mol. The molecule has 6 aromatic rings. The highest BCUT2D eigenvalue weighted by Gasteiger charge is 2.25. The number of pyridine rings is 2. The molecule has 0 unspecified atom stereocenters. The second-order valence-corrected chi connectivity index (χ2v) is 20.3. The molecule has 0 bridgehead atoms. The lowest BCUT2D eigenvalue weighted by Crippen LogP contribution is -2.49. The quantitative estimate of drug-likeness (QED) is 0.133. The van der Waals surface area contributed by atoms with E-state index in [0.29, 0.717) is 6.04 Å². The van der Waals surface area contributed by atoms with Crippen LogP contribution in [0.4, 0.5) is 17.3 Å². The number of nitrogens with one attached hydrogen (secondary N) is 3. The topological polar surface area (TPSA) is 71.6 Å². The molecule has 2 aliphatic heterocycles. The number of fused-ring (bicyclic) bond motifs is 2. The van der Waals surface area contributed by atoms with Crippen molar-refractivity contribution in [1.82, 2.24) is 25.9 Å². The van der Waals surface area contributed by atoms with Crippen LogP contribution in [-0.2, 0) is 13.1 Å². The Hall–Kier alpha value is -4.15. The molecule has 0 atom stereocenters. The van der Waals surface area contributed by atoms with E-state index in [1.165, 1.54) is 48.1 Å². The third-order valence-electron chi connectivity index (χ3n) is 11.2. The largest absolute Gasteiger partial charge is 0.371 e. The standard InChI is InChI=1S/C26H33ClN4.C17H14Cl2N2.C9H20N2/c1-26(2,3)29-21-13-15-31(16-14-21)24-17-25(28-23-8-6-5-7-22(23)24)30(4)18-19-9-11-20(27)12-10-19;1-21(11-12-6-8-13(18)9-7-12)17-10-15(19)14-4-2-3-5-16(14)20-17;1-9(2,3)11-8-4-6-10-7-5-8/h5-12,17,21,29H,13-16,18H2,1-4H3;2-10H,11H2,1H3;8,10-11H,4-7H2,1-3H3. The molecule has 336 valence electrons. The Morgan fingerprint density at radius 2 is 1.02 bits per heavy atom. The normalized spacial score (nSPS) is 15.1. The Morgan fingerprint density at radius 1 is 0.587 bits per heavy atom. The molecule has 0 spiro atoms. The molecule has 11 heteroatoms. The number of halogens is 3. The summed E-state index contributed by atoms with van der Waals surface area (Å²) >= 11 is 18.3. The summed E-state index contributed by atoms with van der Waals surface area (Å²) in [5.41, 5.74) is 6.08. The molecular formula is C52H67Cl3N8. The summed E-state index contributed by atoms with van der Waals surface area (Å²) in [5.74, 6) is 1.85. The van der Waals surface area contributed by atoms with Gasteiger partial charge in [-0.2, -0.15) is 0 Å². The van der Waals surface area contributed by atoms with Crippen LogP contribution in [0.15, 0.2) is 109 Å². The van der Waals surface area contributed by atoms with E-state index >= 15 is 0 Å². The van der Waals surface area contributed by atoms with E-state index in [2.05, 4.69) is 127 Å². The first kappa shape index (κ1) is 48.3. The van der Waals surface area contributed by atoms with Crippen LogP contribution in [0.1, 0.15) is 78.4 Å². The smallest absolute Gasteiger partial charge is 0.131 e. The highest BCUT2D eigenvalue weighted by atomic mass is 35.5. The second kappa shape index (κ2) is 22.2. The molecule has 8 rings (SSSR count). The van der Waals surface area contributed by atoms with Crippen molar-refractivity contribution in [1.29, 1.82) is 0 Å². The SMILES string of the molecule is CC(C)(C)NC1CCNCC1.CN(Cc1ccc(Cl)cc1)c1cc(Cl)c2ccccc2n1.CN(Cc1ccc(Cl)cc1)c1cc(N2CCC(NC(C)(C)C)CC2)c2ccccc2n1. The van der Waals surface area contributed by atoms with E-state index in [-0.39, 0.29) is 11.1 Å². The molecule has 0 aliphatic carbocycles. The van der Waals surface area contributed by atoms with E-state index in [0.717, 1.165) is 88.2 Å². The zero-order valence-electron chi connectivity index (χ0n) is 38.5. The minimum atomic E-state index is 0.160. The van der Waals surface area contributed by atoms with Crippen molar-refractivity contribution in [3.8, 4) is 0 Å². The predicted molar refractivity (Wildman–Crippen MR) is 273 cm³/mol. The number of aromatic nitrogens is 2. The Bertz CT molecular complexity index is 2340. The van der Waals surface area contributed by atoms with Crippen LogP contribution in [0.2, 0.25) is 15.1 Å². The first-order chi connectivity index (χ1) is 30.0. The van der Waals surface area contributed by atoms with Gasteiger partial charge in [-0.05, 0) is 134 Å². The van der Waals surface area contributed by atoms with E-state index in [1.807, 2.05) is 73.8 Å². The highest BCUT2D eigenvalue weighted by Crippen LogP contribution is 2.33. The number of hydrogen-bond donors (Lipinski definition) is 3. The Balaban J connectivity index is 0.000000177. The Kier molecular flexibility index (Phi) is 17.0. The number of hydrogen-bond acceptors (Lipinski definition) is 8. The van der Waals surface area contributed by atoms with Crippen LogP contribution in [0.5, 0.6) is 0 Å². The number of anilines is 3. The van der Waals surface area contributed by atoms with Gasteiger partial charge < -0.3 is 30.7 Å².